The van der Waals surface area contributed by atoms with Crippen molar-refractivity contribution < 1.29 is 4.42 Å². The monoisotopic (exact) mass is 580 g/mol. The van der Waals surface area contributed by atoms with Crippen molar-refractivity contribution in [2.75, 3.05) is 0 Å². The first-order valence-corrected chi connectivity index (χ1v) is 14.9. The molecule has 5 heteroatoms. The lowest BCUT2D eigenvalue weighted by molar-refractivity contribution is 0.411. The van der Waals surface area contributed by atoms with Crippen LogP contribution in [0.1, 0.15) is 110 Å². The molecule has 5 nitrogen and oxygen atoms in total. The molecule has 3 heterocycles. The zero-order valence-corrected chi connectivity index (χ0v) is 27.7. The van der Waals surface area contributed by atoms with Crippen LogP contribution in [0.25, 0.3) is 22.1 Å². The Bertz CT molecular complexity index is 1720. The molecule has 0 aliphatic carbocycles. The first-order chi connectivity index (χ1) is 19.4. The Hall–Kier alpha value is -3.73. The second-order valence-electron chi connectivity index (χ2n) is 14.6. The average molecular weight is 581 g/mol. The maximum atomic E-state index is 5.70. The number of aromatic nitrogens is 3. The first kappa shape index (κ1) is 33.8. The predicted octanol–water partition coefficient (Wildman–Crippen LogP) is 10.2. The third kappa shape index (κ3) is 8.01. The molecule has 5 aromatic rings. The molecule has 3 aromatic carbocycles. The first-order valence-electron chi connectivity index (χ1n) is 14.9. The second-order valence-corrected chi connectivity index (χ2v) is 14.6. The van der Waals surface area contributed by atoms with Gasteiger partial charge in [0.05, 0.1) is 23.9 Å². The summed E-state index contributed by atoms with van der Waals surface area (Å²) in [4.78, 5) is 13.3. The van der Waals surface area contributed by atoms with Gasteiger partial charge in [-0.1, -0.05) is 94.0 Å². The minimum Gasteiger partial charge on any atom is -0.440 e. The van der Waals surface area contributed by atoms with Gasteiger partial charge in [-0.15, -0.1) is 0 Å². The Morgan fingerprint density at radius 1 is 0.721 bits per heavy atom. The van der Waals surface area contributed by atoms with Gasteiger partial charge in [-0.25, -0.2) is 9.97 Å². The van der Waals surface area contributed by atoms with Gasteiger partial charge < -0.3 is 8.98 Å². The molecule has 1 aliphatic heterocycles. The molecular weight excluding hydrogens is 528 g/mol. The fourth-order valence-corrected chi connectivity index (χ4v) is 4.76. The van der Waals surface area contributed by atoms with Crippen LogP contribution in [0, 0.1) is 6.92 Å². The van der Waals surface area contributed by atoms with Crippen LogP contribution in [0.5, 0.6) is 0 Å². The molecule has 43 heavy (non-hydrogen) atoms. The summed E-state index contributed by atoms with van der Waals surface area (Å²) in [6, 6.07) is 19.3. The maximum absolute atomic E-state index is 5.70. The van der Waals surface area contributed by atoms with Crippen LogP contribution in [0.2, 0.25) is 0 Å². The largest absolute Gasteiger partial charge is 0.440 e. The molecule has 230 valence electrons. The van der Waals surface area contributed by atoms with Gasteiger partial charge in [-0.05, 0) is 77.3 Å². The fourth-order valence-electron chi connectivity index (χ4n) is 4.76. The van der Waals surface area contributed by atoms with Crippen LogP contribution in [0.4, 0.5) is 0 Å². The number of oxazole rings is 1. The van der Waals surface area contributed by atoms with E-state index in [1.165, 1.54) is 39.0 Å². The van der Waals surface area contributed by atoms with E-state index >= 15 is 0 Å². The molecule has 0 saturated carbocycles. The Balaban J connectivity index is 0.000000175. The number of nitrogens with zero attached hydrogens (tertiary/aromatic N) is 4. The zero-order chi connectivity index (χ0) is 31.0. The molecule has 0 unspecified atom stereocenters. The Morgan fingerprint density at radius 2 is 1.35 bits per heavy atom. The summed E-state index contributed by atoms with van der Waals surface area (Å²) < 4.78 is 7.75. The number of rotatable bonds is 0. The molecule has 0 saturated heterocycles. The van der Waals surface area contributed by atoms with Crippen molar-refractivity contribution in [2.24, 2.45) is 12.0 Å². The van der Waals surface area contributed by atoms with E-state index < -0.39 is 0 Å². The van der Waals surface area contributed by atoms with Crippen molar-refractivity contribution in [3.8, 4) is 0 Å². The predicted molar refractivity (Wildman–Crippen MR) is 185 cm³/mol. The maximum Gasteiger partial charge on any atom is 0.200 e. The lowest BCUT2D eigenvalue weighted by atomic mass is 9.85. The quantitative estimate of drug-likeness (QED) is 0.183. The molecule has 0 radical (unpaired) electrons. The standard InChI is InChI=1S/C13H17N.C12H16N2.C12H15NO.CH4/c1-9-12-7-11(13(2,3)4)6-5-10(12)8-14-9;1-12(2,3)9-5-6-11-10(7-9)13-8-14(11)4;1-8-5-6-9-10(7-8)14-11(13-9)12(2,3)4;/h5-7H,8H2,1-4H3;5-8H,1-4H3;5-7H,1-4H3;1H4. The number of aryl methyl sites for hydroxylation is 2. The molecule has 1 aliphatic rings. The smallest absolute Gasteiger partial charge is 0.200 e. The summed E-state index contributed by atoms with van der Waals surface area (Å²) in [6.07, 6.45) is 1.86. The van der Waals surface area contributed by atoms with Crippen molar-refractivity contribution >= 4 is 27.8 Å². The van der Waals surface area contributed by atoms with Crippen LogP contribution in [0.3, 0.4) is 0 Å². The summed E-state index contributed by atoms with van der Waals surface area (Å²) >= 11 is 0. The third-order valence-electron chi connectivity index (χ3n) is 7.63. The molecule has 0 bridgehead atoms. The van der Waals surface area contributed by atoms with E-state index in [9.17, 15) is 0 Å². The van der Waals surface area contributed by atoms with Crippen molar-refractivity contribution in [1.82, 2.24) is 14.5 Å². The molecule has 0 N–H and O–H groups in total. The lowest BCUT2D eigenvalue weighted by Crippen LogP contribution is -2.12. The highest BCUT2D eigenvalue weighted by Crippen LogP contribution is 2.28. The van der Waals surface area contributed by atoms with Gasteiger partial charge >= 0.3 is 0 Å². The van der Waals surface area contributed by atoms with E-state index in [0.29, 0.717) is 0 Å². The number of fused-ring (bicyclic) bond motifs is 3. The second kappa shape index (κ2) is 12.5. The van der Waals surface area contributed by atoms with Gasteiger partial charge in [0.2, 0.25) is 5.89 Å². The van der Waals surface area contributed by atoms with Crippen LogP contribution >= 0.6 is 0 Å². The Morgan fingerprint density at radius 3 is 1.98 bits per heavy atom. The number of imidazole rings is 1. The van der Waals surface area contributed by atoms with Crippen LogP contribution < -0.4 is 0 Å². The summed E-state index contributed by atoms with van der Waals surface area (Å²) in [6.45, 7) is 24.7. The zero-order valence-electron chi connectivity index (χ0n) is 27.7. The van der Waals surface area contributed by atoms with E-state index in [1.807, 2.05) is 30.1 Å². The molecule has 0 spiro atoms. The molecule has 0 atom stereocenters. The van der Waals surface area contributed by atoms with Gasteiger partial charge in [-0.3, -0.25) is 4.99 Å². The molecule has 0 fully saturated rings. The van der Waals surface area contributed by atoms with E-state index in [-0.39, 0.29) is 23.7 Å². The Labute approximate surface area is 259 Å². The third-order valence-corrected chi connectivity index (χ3v) is 7.63. The minimum atomic E-state index is -0.0209. The van der Waals surface area contributed by atoms with Crippen LogP contribution in [0.15, 0.2) is 70.3 Å². The summed E-state index contributed by atoms with van der Waals surface area (Å²) in [5.41, 5.74) is 12.4. The average Bonchev–Trinajstić information content (AvgIpc) is 3.60. The SMILES string of the molecule is C.CC1=NCc2ccc(C(C)(C)C)cc21.Cc1ccc2nc(C(C)(C)C)oc2c1.Cn1cnc2cc(C(C)(C)C)ccc21. The van der Waals surface area contributed by atoms with Crippen molar-refractivity contribution in [1.29, 1.82) is 0 Å². The van der Waals surface area contributed by atoms with Gasteiger partial charge in [-0.2, -0.15) is 0 Å². The molecule has 2 aromatic heterocycles. The highest BCUT2D eigenvalue weighted by atomic mass is 16.3. The van der Waals surface area contributed by atoms with Crippen molar-refractivity contribution in [3.05, 3.63) is 94.6 Å². The number of benzene rings is 3. The number of hydrogen-bond donors (Lipinski definition) is 0. The molecule has 0 amide bonds. The van der Waals surface area contributed by atoms with Gasteiger partial charge in [0.15, 0.2) is 5.58 Å². The lowest BCUT2D eigenvalue weighted by Gasteiger charge is -2.19. The number of hydrogen-bond acceptors (Lipinski definition) is 4. The summed E-state index contributed by atoms with van der Waals surface area (Å²) in [5, 5.41) is 0. The van der Waals surface area contributed by atoms with Gasteiger partial charge in [0.25, 0.3) is 0 Å². The minimum absolute atomic E-state index is 0. The van der Waals surface area contributed by atoms with Gasteiger partial charge in [0.1, 0.15) is 5.52 Å². The fraction of sp³-hybridized carbons (Fsp3) is 0.447. The van der Waals surface area contributed by atoms with Crippen molar-refractivity contribution in [2.45, 2.75) is 106 Å². The van der Waals surface area contributed by atoms with E-state index in [0.717, 1.165) is 29.1 Å². The van der Waals surface area contributed by atoms with E-state index in [2.05, 4.69) is 134 Å². The van der Waals surface area contributed by atoms with Crippen LogP contribution in [-0.4, -0.2) is 20.2 Å². The molecular formula is C38H52N4O. The van der Waals surface area contributed by atoms with Crippen LogP contribution in [-0.2, 0) is 29.8 Å². The highest BCUT2D eigenvalue weighted by molar-refractivity contribution is 6.02. The van der Waals surface area contributed by atoms with E-state index in [4.69, 9.17) is 4.42 Å². The summed E-state index contributed by atoms with van der Waals surface area (Å²) in [7, 11) is 2.02. The van der Waals surface area contributed by atoms with Crippen molar-refractivity contribution in [3.63, 3.8) is 0 Å². The normalized spacial score (nSPS) is 13.0. The topological polar surface area (TPSA) is 56.2 Å². The molecule has 6 rings (SSSR count). The Kier molecular flexibility index (Phi) is 9.80. The van der Waals surface area contributed by atoms with E-state index in [1.54, 1.807) is 0 Å². The highest BCUT2D eigenvalue weighted by Gasteiger charge is 2.21. The summed E-state index contributed by atoms with van der Waals surface area (Å²) in [5.74, 6) is 0.804. The number of aliphatic imine (C=N–C) groups is 1. The van der Waals surface area contributed by atoms with Gasteiger partial charge in [0, 0.05) is 23.7 Å².